The number of rotatable bonds is 5. The lowest BCUT2D eigenvalue weighted by Crippen LogP contribution is -2.38. The molecule has 1 N–H and O–H groups in total. The predicted octanol–water partition coefficient (Wildman–Crippen LogP) is 4.09. The van der Waals surface area contributed by atoms with Gasteiger partial charge in [-0.3, -0.25) is 9.10 Å². The zero-order valence-corrected chi connectivity index (χ0v) is 16.9. The summed E-state index contributed by atoms with van der Waals surface area (Å²) in [6.45, 7) is -1.64. The van der Waals surface area contributed by atoms with E-state index in [4.69, 9.17) is 11.6 Å². The Morgan fingerprint density at radius 1 is 1.21 bits per heavy atom. The van der Waals surface area contributed by atoms with E-state index in [0.29, 0.717) is 17.7 Å². The SMILES string of the molecule is CS(=O)(=O)N(CC(F)(F)F)c1ccc(C(=O)N[C@@H]2CCc3cc(Cl)ccc32)cc1. The number of carbonyl (C=O) groups excluding carboxylic acids is 1. The number of fused-ring (bicyclic) bond motifs is 1. The van der Waals surface area contributed by atoms with E-state index >= 15 is 0 Å². The number of sulfonamides is 1. The number of carbonyl (C=O) groups is 1. The van der Waals surface area contributed by atoms with Gasteiger partial charge in [-0.25, -0.2) is 8.42 Å². The van der Waals surface area contributed by atoms with Gasteiger partial charge in [0.2, 0.25) is 10.0 Å². The molecule has 2 aromatic carbocycles. The molecule has 0 radical (unpaired) electrons. The van der Waals surface area contributed by atoms with Crippen molar-refractivity contribution in [2.45, 2.75) is 25.1 Å². The summed E-state index contributed by atoms with van der Waals surface area (Å²) in [6.07, 6.45) is -2.51. The van der Waals surface area contributed by atoms with Crippen molar-refractivity contribution in [3.63, 3.8) is 0 Å². The first-order chi connectivity index (χ1) is 13.4. The molecule has 1 atom stereocenters. The van der Waals surface area contributed by atoms with E-state index in [9.17, 15) is 26.4 Å². The number of hydrogen-bond donors (Lipinski definition) is 1. The van der Waals surface area contributed by atoms with Crippen molar-refractivity contribution in [1.29, 1.82) is 0 Å². The molecule has 5 nitrogen and oxygen atoms in total. The Balaban J connectivity index is 1.75. The van der Waals surface area contributed by atoms with Gasteiger partial charge in [-0.15, -0.1) is 0 Å². The van der Waals surface area contributed by atoms with Crippen LogP contribution in [0.2, 0.25) is 5.02 Å². The number of hydrogen-bond acceptors (Lipinski definition) is 3. The molecule has 0 aromatic heterocycles. The molecule has 2 aromatic rings. The Morgan fingerprint density at radius 2 is 1.86 bits per heavy atom. The number of anilines is 1. The molecule has 0 fully saturated rings. The second kappa shape index (κ2) is 7.87. The van der Waals surface area contributed by atoms with Gasteiger partial charge < -0.3 is 5.32 Å². The summed E-state index contributed by atoms with van der Waals surface area (Å²) in [4.78, 5) is 12.5. The van der Waals surface area contributed by atoms with Crippen molar-refractivity contribution in [3.05, 3.63) is 64.2 Å². The number of halogens is 4. The summed E-state index contributed by atoms with van der Waals surface area (Å²) in [5.41, 5.74) is 2.10. The molecule has 0 spiro atoms. The third-order valence-electron chi connectivity index (χ3n) is 4.63. The maximum Gasteiger partial charge on any atom is 0.407 e. The van der Waals surface area contributed by atoms with E-state index in [1.165, 1.54) is 24.3 Å². The van der Waals surface area contributed by atoms with Gasteiger partial charge >= 0.3 is 6.18 Å². The van der Waals surface area contributed by atoms with Crippen LogP contribution in [0.25, 0.3) is 0 Å². The largest absolute Gasteiger partial charge is 0.407 e. The van der Waals surface area contributed by atoms with Crippen molar-refractivity contribution >= 4 is 33.2 Å². The first-order valence-electron chi connectivity index (χ1n) is 8.68. The number of aryl methyl sites for hydroxylation is 1. The number of nitrogens with one attached hydrogen (secondary N) is 1. The highest BCUT2D eigenvalue weighted by atomic mass is 35.5. The van der Waals surface area contributed by atoms with E-state index < -0.39 is 28.7 Å². The van der Waals surface area contributed by atoms with Gasteiger partial charge in [0.15, 0.2) is 0 Å². The summed E-state index contributed by atoms with van der Waals surface area (Å²) in [7, 11) is -4.14. The van der Waals surface area contributed by atoms with Crippen molar-refractivity contribution in [2.75, 3.05) is 17.1 Å². The lowest BCUT2D eigenvalue weighted by atomic mass is 10.1. The second-order valence-electron chi connectivity index (χ2n) is 6.84. The molecule has 10 heteroatoms. The Bertz CT molecular complexity index is 1020. The molecule has 0 saturated carbocycles. The van der Waals surface area contributed by atoms with E-state index in [0.717, 1.165) is 17.5 Å². The van der Waals surface area contributed by atoms with Gasteiger partial charge in [-0.2, -0.15) is 13.2 Å². The lowest BCUT2D eigenvalue weighted by Gasteiger charge is -2.23. The van der Waals surface area contributed by atoms with Crippen LogP contribution in [-0.2, 0) is 16.4 Å². The van der Waals surface area contributed by atoms with Gasteiger partial charge in [0.25, 0.3) is 5.91 Å². The quantitative estimate of drug-likeness (QED) is 0.752. The standard InChI is InChI=1S/C19H18ClF3N2O3S/c1-29(27,28)25(11-19(21,22)23)15-6-2-12(3-7-15)18(26)24-17-9-4-13-10-14(20)5-8-16(13)17/h2-3,5-8,10,17H,4,9,11H2,1H3,(H,24,26)/t17-/m1/s1. The predicted molar refractivity (Wildman–Crippen MR) is 105 cm³/mol. The van der Waals surface area contributed by atoms with Crippen LogP contribution in [-0.4, -0.2) is 33.3 Å². The van der Waals surface area contributed by atoms with E-state index in [2.05, 4.69) is 5.32 Å². The van der Waals surface area contributed by atoms with Crippen molar-refractivity contribution in [1.82, 2.24) is 5.32 Å². The number of amides is 1. The molecule has 0 saturated heterocycles. The average molecular weight is 447 g/mol. The fraction of sp³-hybridized carbons (Fsp3) is 0.316. The van der Waals surface area contributed by atoms with E-state index in [1.807, 2.05) is 12.1 Å². The summed E-state index contributed by atoms with van der Waals surface area (Å²) < 4.78 is 61.9. The minimum absolute atomic E-state index is 0.165. The highest BCUT2D eigenvalue weighted by Crippen LogP contribution is 2.33. The van der Waals surface area contributed by atoms with Crippen molar-refractivity contribution in [2.24, 2.45) is 0 Å². The molecule has 1 aliphatic rings. The van der Waals surface area contributed by atoms with Gasteiger partial charge in [0, 0.05) is 10.6 Å². The van der Waals surface area contributed by atoms with Crippen LogP contribution in [0.5, 0.6) is 0 Å². The Labute approximate surface area is 171 Å². The normalized spacial score (nSPS) is 16.4. The molecule has 0 heterocycles. The molecule has 29 heavy (non-hydrogen) atoms. The summed E-state index contributed by atoms with van der Waals surface area (Å²) in [5, 5.41) is 3.52. The van der Waals surface area contributed by atoms with Crippen LogP contribution in [0.4, 0.5) is 18.9 Å². The third kappa shape index (κ3) is 5.22. The first-order valence-corrected chi connectivity index (χ1v) is 10.9. The number of benzene rings is 2. The molecule has 0 bridgehead atoms. The second-order valence-corrected chi connectivity index (χ2v) is 9.18. The first kappa shape index (κ1) is 21.4. The van der Waals surface area contributed by atoms with Crippen LogP contribution in [0.1, 0.15) is 33.9 Å². The molecular weight excluding hydrogens is 429 g/mol. The minimum Gasteiger partial charge on any atom is -0.345 e. The minimum atomic E-state index is -4.70. The maximum atomic E-state index is 12.7. The van der Waals surface area contributed by atoms with E-state index in [1.54, 1.807) is 6.07 Å². The zero-order valence-electron chi connectivity index (χ0n) is 15.3. The molecular formula is C19H18ClF3N2O3S. The fourth-order valence-corrected chi connectivity index (χ4v) is 4.40. The number of nitrogens with zero attached hydrogens (tertiary/aromatic N) is 1. The molecule has 156 valence electrons. The third-order valence-corrected chi connectivity index (χ3v) is 6.00. The summed E-state index contributed by atoms with van der Waals surface area (Å²) in [6, 6.07) is 10.3. The smallest absolute Gasteiger partial charge is 0.345 e. The number of alkyl halides is 3. The lowest BCUT2D eigenvalue weighted by molar-refractivity contribution is -0.117. The van der Waals surface area contributed by atoms with Crippen LogP contribution in [0, 0.1) is 0 Å². The van der Waals surface area contributed by atoms with Crippen molar-refractivity contribution in [3.8, 4) is 0 Å². The Morgan fingerprint density at radius 3 is 2.45 bits per heavy atom. The highest BCUT2D eigenvalue weighted by molar-refractivity contribution is 7.92. The molecule has 1 aliphatic carbocycles. The highest BCUT2D eigenvalue weighted by Gasteiger charge is 2.35. The van der Waals surface area contributed by atoms with E-state index in [-0.39, 0.29) is 21.6 Å². The molecule has 1 amide bonds. The molecule has 0 unspecified atom stereocenters. The zero-order chi connectivity index (χ0) is 21.4. The summed E-state index contributed by atoms with van der Waals surface area (Å²) >= 11 is 5.98. The van der Waals surface area contributed by atoms with Crippen molar-refractivity contribution < 1.29 is 26.4 Å². The monoisotopic (exact) mass is 446 g/mol. The van der Waals surface area contributed by atoms with Gasteiger partial charge in [-0.05, 0) is 60.4 Å². The fourth-order valence-electron chi connectivity index (χ4n) is 3.32. The Hall–Kier alpha value is -2.26. The molecule has 0 aliphatic heterocycles. The summed E-state index contributed by atoms with van der Waals surface area (Å²) in [5.74, 6) is -0.397. The van der Waals surface area contributed by atoms with Crippen LogP contribution in [0.15, 0.2) is 42.5 Å². The van der Waals surface area contributed by atoms with Crippen LogP contribution >= 0.6 is 11.6 Å². The Kier molecular flexibility index (Phi) is 5.82. The average Bonchev–Trinajstić information content (AvgIpc) is 3.00. The van der Waals surface area contributed by atoms with Crippen LogP contribution in [0.3, 0.4) is 0 Å². The molecule has 3 rings (SSSR count). The topological polar surface area (TPSA) is 66.5 Å². The van der Waals surface area contributed by atoms with Crippen LogP contribution < -0.4 is 9.62 Å². The van der Waals surface area contributed by atoms with Gasteiger partial charge in [0.1, 0.15) is 6.54 Å². The maximum absolute atomic E-state index is 12.7. The van der Waals surface area contributed by atoms with Gasteiger partial charge in [-0.1, -0.05) is 17.7 Å². The van der Waals surface area contributed by atoms with Gasteiger partial charge in [0.05, 0.1) is 18.0 Å².